The van der Waals surface area contributed by atoms with Gasteiger partial charge in [-0.15, -0.1) is 0 Å². The quantitative estimate of drug-likeness (QED) is 0.618. The van der Waals surface area contributed by atoms with E-state index in [0.717, 1.165) is 56.2 Å². The maximum Gasteiger partial charge on any atom is 0.0544 e. The van der Waals surface area contributed by atoms with Crippen LogP contribution in [0.3, 0.4) is 0 Å². The van der Waals surface area contributed by atoms with Crippen molar-refractivity contribution < 1.29 is 0 Å². The van der Waals surface area contributed by atoms with E-state index < -0.39 is 0 Å². The minimum atomic E-state index is 0.408. The zero-order valence-electron chi connectivity index (χ0n) is 16.6. The number of pyridine rings is 3. The van der Waals surface area contributed by atoms with Crippen LogP contribution >= 0.6 is 0 Å². The molecular weight excluding hydrogens is 360 g/mol. The van der Waals surface area contributed by atoms with Gasteiger partial charge in [0.25, 0.3) is 0 Å². The lowest BCUT2D eigenvalue weighted by molar-refractivity contribution is 0.131. The topological polar surface area (TPSA) is 66.0 Å². The van der Waals surface area contributed by atoms with Crippen LogP contribution in [-0.2, 0) is 19.6 Å². The molecule has 0 bridgehead atoms. The number of hydrogen-bond acceptors (Lipinski definition) is 6. The van der Waals surface area contributed by atoms with E-state index in [1.807, 2.05) is 42.9 Å². The summed E-state index contributed by atoms with van der Waals surface area (Å²) in [6, 6.07) is 19.1. The molecule has 0 aromatic carbocycles. The van der Waals surface area contributed by atoms with Gasteiger partial charge in [-0.05, 0) is 42.8 Å². The summed E-state index contributed by atoms with van der Waals surface area (Å²) in [6.45, 7) is 4.37. The maximum absolute atomic E-state index is 4.54. The monoisotopic (exact) mass is 388 g/mol. The molecule has 1 aliphatic rings. The fourth-order valence-electron chi connectivity index (χ4n) is 3.82. The molecule has 6 nitrogen and oxygen atoms in total. The number of hydrogen-bond donors (Lipinski definition) is 2. The third kappa shape index (κ3) is 5.90. The van der Waals surface area contributed by atoms with Crippen LogP contribution in [0.25, 0.3) is 0 Å². The Hall–Kier alpha value is -2.67. The Balaban J connectivity index is 1.42. The smallest absolute Gasteiger partial charge is 0.0544 e. The van der Waals surface area contributed by atoms with Crippen LogP contribution in [0.1, 0.15) is 23.5 Å². The van der Waals surface area contributed by atoms with Crippen molar-refractivity contribution in [3.05, 3.63) is 90.3 Å². The lowest BCUT2D eigenvalue weighted by Crippen LogP contribution is -2.54. The van der Waals surface area contributed by atoms with Crippen molar-refractivity contribution >= 4 is 0 Å². The Bertz CT molecular complexity index is 802. The lowest BCUT2D eigenvalue weighted by Gasteiger charge is -2.38. The van der Waals surface area contributed by atoms with Crippen molar-refractivity contribution in [2.45, 2.75) is 38.1 Å². The molecule has 150 valence electrons. The molecule has 3 aromatic rings. The van der Waals surface area contributed by atoms with E-state index in [4.69, 9.17) is 0 Å². The predicted molar refractivity (Wildman–Crippen MR) is 114 cm³/mol. The van der Waals surface area contributed by atoms with Gasteiger partial charge in [0.2, 0.25) is 0 Å². The van der Waals surface area contributed by atoms with Crippen molar-refractivity contribution in [3.63, 3.8) is 0 Å². The van der Waals surface area contributed by atoms with Crippen molar-refractivity contribution in [1.29, 1.82) is 0 Å². The van der Waals surface area contributed by atoms with Gasteiger partial charge in [-0.1, -0.05) is 18.2 Å². The summed E-state index contributed by atoms with van der Waals surface area (Å²) >= 11 is 0. The number of aromatic nitrogens is 3. The number of rotatable bonds is 8. The minimum Gasteiger partial charge on any atom is -0.314 e. The zero-order valence-corrected chi connectivity index (χ0v) is 16.6. The first-order valence-electron chi connectivity index (χ1n) is 10.2. The summed E-state index contributed by atoms with van der Waals surface area (Å²) in [5.41, 5.74) is 3.26. The van der Waals surface area contributed by atoms with Crippen molar-refractivity contribution in [2.75, 3.05) is 13.1 Å². The van der Waals surface area contributed by atoms with Crippen molar-refractivity contribution in [1.82, 2.24) is 30.5 Å². The summed E-state index contributed by atoms with van der Waals surface area (Å²) in [4.78, 5) is 16.0. The van der Waals surface area contributed by atoms with Crippen LogP contribution in [0.5, 0.6) is 0 Å². The molecule has 0 radical (unpaired) electrons. The van der Waals surface area contributed by atoms with Gasteiger partial charge in [-0.25, -0.2) is 0 Å². The number of nitrogens with zero attached hydrogens (tertiary/aromatic N) is 4. The molecule has 3 aromatic heterocycles. The highest BCUT2D eigenvalue weighted by Crippen LogP contribution is 2.17. The minimum absolute atomic E-state index is 0.408. The SMILES string of the molecule is c1ccc(CN[C@H]2CNC[C@@H](N(Cc3ccccn3)Cc3ccccn3)C2)nc1. The number of piperidine rings is 1. The predicted octanol–water partition coefficient (Wildman–Crippen LogP) is 2.39. The Morgan fingerprint density at radius 3 is 1.93 bits per heavy atom. The molecule has 0 saturated carbocycles. The first-order valence-corrected chi connectivity index (χ1v) is 10.2. The molecule has 1 fully saturated rings. The Labute approximate surface area is 172 Å². The van der Waals surface area contributed by atoms with Crippen molar-refractivity contribution in [3.8, 4) is 0 Å². The largest absolute Gasteiger partial charge is 0.314 e. The molecule has 0 unspecified atom stereocenters. The maximum atomic E-state index is 4.54. The zero-order chi connectivity index (χ0) is 19.7. The normalized spacial score (nSPS) is 19.3. The molecule has 1 saturated heterocycles. The molecular formula is C23H28N6. The molecule has 6 heteroatoms. The van der Waals surface area contributed by atoms with Crippen LogP contribution in [0.4, 0.5) is 0 Å². The molecule has 4 rings (SSSR count). The summed E-state index contributed by atoms with van der Waals surface area (Å²) in [5.74, 6) is 0. The highest BCUT2D eigenvalue weighted by molar-refractivity contribution is 5.08. The Morgan fingerprint density at radius 1 is 0.793 bits per heavy atom. The van der Waals surface area contributed by atoms with E-state index in [9.17, 15) is 0 Å². The van der Waals surface area contributed by atoms with E-state index in [-0.39, 0.29) is 0 Å². The van der Waals surface area contributed by atoms with Crippen LogP contribution < -0.4 is 10.6 Å². The molecule has 1 aliphatic heterocycles. The number of nitrogens with one attached hydrogen (secondary N) is 2. The molecule has 29 heavy (non-hydrogen) atoms. The molecule has 0 amide bonds. The average Bonchev–Trinajstić information content (AvgIpc) is 2.80. The van der Waals surface area contributed by atoms with Gasteiger partial charge in [0, 0.05) is 63.4 Å². The van der Waals surface area contributed by atoms with Crippen LogP contribution in [0.15, 0.2) is 73.2 Å². The average molecular weight is 389 g/mol. The van der Waals surface area contributed by atoms with E-state index in [1.165, 1.54) is 0 Å². The second-order valence-corrected chi connectivity index (χ2v) is 7.49. The van der Waals surface area contributed by atoms with Crippen LogP contribution in [0.2, 0.25) is 0 Å². The first kappa shape index (κ1) is 19.6. The Kier molecular flexibility index (Phi) is 6.91. The third-order valence-electron chi connectivity index (χ3n) is 5.32. The molecule has 4 heterocycles. The first-order chi connectivity index (χ1) is 14.4. The van der Waals surface area contributed by atoms with Gasteiger partial charge < -0.3 is 10.6 Å². The van der Waals surface area contributed by atoms with Crippen LogP contribution in [-0.4, -0.2) is 45.0 Å². The fourth-order valence-corrected chi connectivity index (χ4v) is 3.82. The van der Waals surface area contributed by atoms with Crippen molar-refractivity contribution in [2.24, 2.45) is 0 Å². The standard InChI is InChI=1S/C23H28N6/c1-4-10-25-19(7-1)15-28-22-13-23(16-24-14-22)29(17-20-8-2-5-11-26-20)18-21-9-3-6-12-27-21/h1-12,22-24,28H,13-18H2/t22-,23+/m1/s1. The van der Waals surface area contributed by atoms with E-state index in [0.29, 0.717) is 12.1 Å². The van der Waals surface area contributed by atoms with E-state index >= 15 is 0 Å². The second kappa shape index (κ2) is 10.2. The summed E-state index contributed by atoms with van der Waals surface area (Å²) in [5, 5.41) is 7.28. The second-order valence-electron chi connectivity index (χ2n) is 7.49. The van der Waals surface area contributed by atoms with Gasteiger partial charge >= 0.3 is 0 Å². The summed E-state index contributed by atoms with van der Waals surface area (Å²) < 4.78 is 0. The molecule has 0 spiro atoms. The highest BCUT2D eigenvalue weighted by Gasteiger charge is 2.27. The Morgan fingerprint density at radius 2 is 1.38 bits per heavy atom. The summed E-state index contributed by atoms with van der Waals surface area (Å²) in [7, 11) is 0. The van der Waals surface area contributed by atoms with E-state index in [1.54, 1.807) is 0 Å². The highest BCUT2D eigenvalue weighted by atomic mass is 15.2. The molecule has 2 N–H and O–H groups in total. The third-order valence-corrected chi connectivity index (χ3v) is 5.32. The summed E-state index contributed by atoms with van der Waals surface area (Å²) in [6.07, 6.45) is 6.66. The lowest BCUT2D eigenvalue weighted by atomic mass is 10.00. The van der Waals surface area contributed by atoms with Gasteiger partial charge in [-0.3, -0.25) is 19.9 Å². The van der Waals surface area contributed by atoms with Gasteiger partial charge in [-0.2, -0.15) is 0 Å². The van der Waals surface area contributed by atoms with Gasteiger partial charge in [0.1, 0.15) is 0 Å². The van der Waals surface area contributed by atoms with Gasteiger partial charge in [0.15, 0.2) is 0 Å². The van der Waals surface area contributed by atoms with Crippen LogP contribution in [0, 0.1) is 0 Å². The molecule has 0 aliphatic carbocycles. The van der Waals surface area contributed by atoms with Gasteiger partial charge in [0.05, 0.1) is 17.1 Å². The molecule has 2 atom stereocenters. The fraction of sp³-hybridized carbons (Fsp3) is 0.348. The van der Waals surface area contributed by atoms with E-state index in [2.05, 4.69) is 60.8 Å².